The highest BCUT2D eigenvalue weighted by molar-refractivity contribution is 9.10. The standard InChI is InChI=1S/C12H16BrNS/c1-10-5-6-11(13)12(9-10)15-14-7-3-2-4-8-14/h5-6,9H,2-4,7-8H2,1H3. The molecule has 0 spiro atoms. The first-order valence-corrected chi connectivity index (χ1v) is 7.01. The first-order valence-electron chi connectivity index (χ1n) is 5.45. The minimum absolute atomic E-state index is 1.21. The SMILES string of the molecule is Cc1ccc(Br)c(SN2CCCCC2)c1. The zero-order chi connectivity index (χ0) is 10.7. The van der Waals surface area contributed by atoms with Gasteiger partial charge in [0, 0.05) is 22.5 Å². The minimum atomic E-state index is 1.21. The number of hydrogen-bond acceptors (Lipinski definition) is 2. The molecular weight excluding hydrogens is 270 g/mol. The number of benzene rings is 1. The summed E-state index contributed by atoms with van der Waals surface area (Å²) in [4.78, 5) is 1.34. The highest BCUT2D eigenvalue weighted by Gasteiger charge is 2.12. The van der Waals surface area contributed by atoms with Crippen LogP contribution in [-0.2, 0) is 0 Å². The average Bonchev–Trinajstić information content (AvgIpc) is 2.25. The fraction of sp³-hybridized carbons (Fsp3) is 0.500. The minimum Gasteiger partial charge on any atom is -0.246 e. The maximum atomic E-state index is 3.61. The molecule has 1 heterocycles. The molecule has 0 aliphatic carbocycles. The predicted molar refractivity (Wildman–Crippen MR) is 70.2 cm³/mol. The number of piperidine rings is 1. The first kappa shape index (κ1) is 11.5. The molecule has 0 bridgehead atoms. The highest BCUT2D eigenvalue weighted by atomic mass is 79.9. The van der Waals surface area contributed by atoms with Gasteiger partial charge in [0.25, 0.3) is 0 Å². The highest BCUT2D eigenvalue weighted by Crippen LogP contribution is 2.32. The monoisotopic (exact) mass is 285 g/mol. The lowest BCUT2D eigenvalue weighted by atomic mass is 10.2. The molecule has 1 nitrogen and oxygen atoms in total. The molecule has 82 valence electrons. The molecule has 1 aliphatic rings. The van der Waals surface area contributed by atoms with Crippen molar-refractivity contribution < 1.29 is 0 Å². The topological polar surface area (TPSA) is 3.24 Å². The van der Waals surface area contributed by atoms with Gasteiger partial charge in [0.2, 0.25) is 0 Å². The lowest BCUT2D eigenvalue weighted by Crippen LogP contribution is -2.22. The molecule has 2 rings (SSSR count). The predicted octanol–water partition coefficient (Wildman–Crippen LogP) is 4.25. The molecule has 1 aliphatic heterocycles. The lowest BCUT2D eigenvalue weighted by Gasteiger charge is -2.25. The fourth-order valence-electron chi connectivity index (χ4n) is 1.78. The van der Waals surface area contributed by atoms with Gasteiger partial charge in [-0.3, -0.25) is 0 Å². The van der Waals surface area contributed by atoms with Crippen LogP contribution in [0.3, 0.4) is 0 Å². The third-order valence-electron chi connectivity index (χ3n) is 2.63. The Morgan fingerprint density at radius 2 is 1.93 bits per heavy atom. The molecule has 3 heteroatoms. The molecule has 1 fully saturated rings. The molecule has 1 aromatic carbocycles. The molecule has 0 unspecified atom stereocenters. The van der Waals surface area contributed by atoms with E-state index in [-0.39, 0.29) is 0 Å². The van der Waals surface area contributed by atoms with Crippen LogP contribution in [0.4, 0.5) is 0 Å². The summed E-state index contributed by atoms with van der Waals surface area (Å²) >= 11 is 5.50. The number of nitrogens with zero attached hydrogens (tertiary/aromatic N) is 1. The van der Waals surface area contributed by atoms with E-state index in [0.717, 1.165) is 0 Å². The zero-order valence-electron chi connectivity index (χ0n) is 9.00. The summed E-state index contributed by atoms with van der Waals surface area (Å²) in [6.07, 6.45) is 4.08. The molecule has 0 N–H and O–H groups in total. The Labute approximate surface area is 105 Å². The van der Waals surface area contributed by atoms with Gasteiger partial charge in [-0.2, -0.15) is 0 Å². The van der Waals surface area contributed by atoms with Crippen molar-refractivity contribution in [3.63, 3.8) is 0 Å². The van der Waals surface area contributed by atoms with Crippen LogP contribution >= 0.6 is 27.9 Å². The van der Waals surface area contributed by atoms with Gasteiger partial charge in [0.15, 0.2) is 0 Å². The number of halogens is 1. The summed E-state index contributed by atoms with van der Waals surface area (Å²) in [5, 5.41) is 0. The summed E-state index contributed by atoms with van der Waals surface area (Å²) in [6, 6.07) is 6.54. The van der Waals surface area contributed by atoms with Gasteiger partial charge in [-0.15, -0.1) is 0 Å². The first-order chi connectivity index (χ1) is 7.25. The third-order valence-corrected chi connectivity index (χ3v) is 4.74. The quantitative estimate of drug-likeness (QED) is 0.748. The van der Waals surface area contributed by atoms with Crippen LogP contribution in [0, 0.1) is 6.92 Å². The van der Waals surface area contributed by atoms with E-state index in [4.69, 9.17) is 0 Å². The summed E-state index contributed by atoms with van der Waals surface area (Å²) in [7, 11) is 0. The van der Waals surface area contributed by atoms with Crippen LogP contribution in [0.2, 0.25) is 0 Å². The summed E-state index contributed by atoms with van der Waals surface area (Å²) in [5.74, 6) is 0. The van der Waals surface area contributed by atoms with Gasteiger partial charge >= 0.3 is 0 Å². The Morgan fingerprint density at radius 1 is 1.20 bits per heavy atom. The summed E-state index contributed by atoms with van der Waals surface area (Å²) < 4.78 is 3.69. The average molecular weight is 286 g/mol. The second kappa shape index (κ2) is 5.37. The maximum Gasteiger partial charge on any atom is 0.0375 e. The Bertz CT molecular complexity index is 334. The molecule has 0 atom stereocenters. The van der Waals surface area contributed by atoms with Crippen molar-refractivity contribution in [2.45, 2.75) is 31.1 Å². The molecule has 1 saturated heterocycles. The van der Waals surface area contributed by atoms with E-state index in [9.17, 15) is 0 Å². The van der Waals surface area contributed by atoms with E-state index in [0.29, 0.717) is 0 Å². The van der Waals surface area contributed by atoms with Gasteiger partial charge in [-0.1, -0.05) is 12.5 Å². The number of aryl methyl sites for hydroxylation is 1. The van der Waals surface area contributed by atoms with Crippen LogP contribution in [-0.4, -0.2) is 17.4 Å². The van der Waals surface area contributed by atoms with Crippen LogP contribution in [0.1, 0.15) is 24.8 Å². The molecule has 0 amide bonds. The van der Waals surface area contributed by atoms with Gasteiger partial charge in [-0.05, 0) is 65.3 Å². The van der Waals surface area contributed by atoms with Gasteiger partial charge < -0.3 is 0 Å². The van der Waals surface area contributed by atoms with E-state index >= 15 is 0 Å². The zero-order valence-corrected chi connectivity index (χ0v) is 11.4. The lowest BCUT2D eigenvalue weighted by molar-refractivity contribution is 0.380. The second-order valence-corrected chi connectivity index (χ2v) is 6.01. The van der Waals surface area contributed by atoms with Crippen LogP contribution < -0.4 is 0 Å². The van der Waals surface area contributed by atoms with Crippen molar-refractivity contribution in [1.82, 2.24) is 4.31 Å². The van der Waals surface area contributed by atoms with E-state index in [2.05, 4.69) is 45.4 Å². The molecule has 0 aromatic heterocycles. The second-order valence-electron chi connectivity index (χ2n) is 4.01. The van der Waals surface area contributed by atoms with Crippen molar-refractivity contribution in [3.8, 4) is 0 Å². The van der Waals surface area contributed by atoms with Crippen molar-refractivity contribution >= 4 is 27.9 Å². The molecule has 15 heavy (non-hydrogen) atoms. The van der Waals surface area contributed by atoms with E-state index in [1.807, 2.05) is 11.9 Å². The fourth-order valence-corrected chi connectivity index (χ4v) is 3.35. The van der Waals surface area contributed by atoms with Crippen molar-refractivity contribution in [1.29, 1.82) is 0 Å². The Morgan fingerprint density at radius 3 is 2.67 bits per heavy atom. The normalized spacial score (nSPS) is 18.0. The third kappa shape index (κ3) is 3.23. The van der Waals surface area contributed by atoms with Gasteiger partial charge in [-0.25, -0.2) is 4.31 Å². The molecule has 0 saturated carbocycles. The number of hydrogen-bond donors (Lipinski definition) is 0. The largest absolute Gasteiger partial charge is 0.246 e. The smallest absolute Gasteiger partial charge is 0.0375 e. The molecule has 1 aromatic rings. The Balaban J connectivity index is 2.05. The van der Waals surface area contributed by atoms with E-state index in [1.54, 1.807) is 0 Å². The number of rotatable bonds is 2. The van der Waals surface area contributed by atoms with Crippen LogP contribution in [0.25, 0.3) is 0 Å². The molecule has 0 radical (unpaired) electrons. The van der Waals surface area contributed by atoms with Gasteiger partial charge in [0.05, 0.1) is 0 Å². The van der Waals surface area contributed by atoms with Crippen LogP contribution in [0.15, 0.2) is 27.6 Å². The van der Waals surface area contributed by atoms with Gasteiger partial charge in [0.1, 0.15) is 0 Å². The van der Waals surface area contributed by atoms with Crippen molar-refractivity contribution in [2.24, 2.45) is 0 Å². The van der Waals surface area contributed by atoms with Crippen LogP contribution in [0.5, 0.6) is 0 Å². The summed E-state index contributed by atoms with van der Waals surface area (Å²) in [5.41, 5.74) is 1.33. The Kier molecular flexibility index (Phi) is 4.12. The molecular formula is C12H16BrNS. The maximum absolute atomic E-state index is 3.61. The van der Waals surface area contributed by atoms with Crippen molar-refractivity contribution in [2.75, 3.05) is 13.1 Å². The van der Waals surface area contributed by atoms with Crippen molar-refractivity contribution in [3.05, 3.63) is 28.2 Å². The van der Waals surface area contributed by atoms with E-state index < -0.39 is 0 Å². The van der Waals surface area contributed by atoms with E-state index in [1.165, 1.54) is 47.3 Å². The Hall–Kier alpha value is 0.01000. The summed E-state index contributed by atoms with van der Waals surface area (Å²) in [6.45, 7) is 4.60.